The molecule has 0 saturated carbocycles. The van der Waals surface area contributed by atoms with Crippen molar-refractivity contribution >= 4 is 27.5 Å². The molecule has 0 amide bonds. The first-order valence-electron chi connectivity index (χ1n) is 7.74. The number of Topliss-reactive ketones (excluding diaryl/α,β-unsaturated/α-hetero) is 2. The van der Waals surface area contributed by atoms with Gasteiger partial charge in [-0.25, -0.2) is 0 Å². The fraction of sp³-hybridized carbons (Fsp3) is 0.300. The van der Waals surface area contributed by atoms with Crippen LogP contribution in [-0.4, -0.2) is 21.5 Å². The van der Waals surface area contributed by atoms with Gasteiger partial charge in [-0.2, -0.15) is 0 Å². The minimum absolute atomic E-state index is 0.00586. The molecule has 0 aromatic heterocycles. The van der Waals surface area contributed by atoms with Crippen LogP contribution in [0, 0.1) is 0 Å². The second-order valence-electron chi connectivity index (χ2n) is 6.63. The largest absolute Gasteiger partial charge is 0.480 e. The van der Waals surface area contributed by atoms with Crippen molar-refractivity contribution in [1.29, 1.82) is 0 Å². The third-order valence-corrected chi connectivity index (χ3v) is 3.97. The molecule has 0 spiro atoms. The van der Waals surface area contributed by atoms with Crippen LogP contribution in [0.3, 0.4) is 0 Å². The number of halogens is 1. The smallest absolute Gasteiger partial charge is 0.205 e. The van der Waals surface area contributed by atoms with Crippen LogP contribution in [0.1, 0.15) is 48.4 Å². The SMILES string of the molecule is CC(C)(Br)C(=O)c1ccc(OC(C)(C)C(=O)c2ccccc2)cc1. The highest BCUT2D eigenvalue weighted by molar-refractivity contribution is 9.10. The number of carbonyl (C=O) groups is 2. The van der Waals surface area contributed by atoms with Crippen LogP contribution in [0.25, 0.3) is 0 Å². The van der Waals surface area contributed by atoms with Gasteiger partial charge in [0.05, 0.1) is 4.32 Å². The number of ether oxygens (including phenoxy) is 1. The van der Waals surface area contributed by atoms with E-state index in [1.807, 2.05) is 18.2 Å². The molecular weight excluding hydrogens is 368 g/mol. The summed E-state index contributed by atoms with van der Waals surface area (Å²) < 4.78 is 5.25. The Morgan fingerprint density at radius 3 is 1.79 bits per heavy atom. The van der Waals surface area contributed by atoms with Crippen LogP contribution in [0.15, 0.2) is 54.6 Å². The highest BCUT2D eigenvalue weighted by atomic mass is 79.9. The molecule has 0 aliphatic rings. The molecule has 0 unspecified atom stereocenters. The van der Waals surface area contributed by atoms with Crippen molar-refractivity contribution < 1.29 is 14.3 Å². The van der Waals surface area contributed by atoms with E-state index < -0.39 is 9.93 Å². The summed E-state index contributed by atoms with van der Waals surface area (Å²) in [6, 6.07) is 15.9. The Labute approximate surface area is 151 Å². The number of ketones is 2. The maximum absolute atomic E-state index is 12.6. The van der Waals surface area contributed by atoms with E-state index in [2.05, 4.69) is 15.9 Å². The number of hydrogen-bond acceptors (Lipinski definition) is 3. The molecule has 0 radical (unpaired) electrons. The molecule has 0 saturated heterocycles. The first-order valence-corrected chi connectivity index (χ1v) is 8.53. The summed E-state index contributed by atoms with van der Waals surface area (Å²) in [6.45, 7) is 7.09. The molecular formula is C20H21BrO3. The lowest BCUT2D eigenvalue weighted by Crippen LogP contribution is -2.38. The third kappa shape index (κ3) is 4.32. The first kappa shape index (κ1) is 18.4. The van der Waals surface area contributed by atoms with E-state index in [0.29, 0.717) is 16.9 Å². The number of hydrogen-bond donors (Lipinski definition) is 0. The van der Waals surface area contributed by atoms with Crippen LogP contribution in [0.4, 0.5) is 0 Å². The Kier molecular flexibility index (Phi) is 5.29. The van der Waals surface area contributed by atoms with E-state index >= 15 is 0 Å². The summed E-state index contributed by atoms with van der Waals surface area (Å²) in [4.78, 5) is 24.8. The molecule has 0 aliphatic heterocycles. The molecule has 2 aromatic carbocycles. The molecule has 0 fully saturated rings. The Morgan fingerprint density at radius 1 is 0.792 bits per heavy atom. The molecule has 126 valence electrons. The Balaban J connectivity index is 2.16. The van der Waals surface area contributed by atoms with Gasteiger partial charge < -0.3 is 4.74 Å². The van der Waals surface area contributed by atoms with Gasteiger partial charge in [-0.1, -0.05) is 46.3 Å². The monoisotopic (exact) mass is 388 g/mol. The van der Waals surface area contributed by atoms with Crippen molar-refractivity contribution in [3.8, 4) is 5.75 Å². The third-order valence-electron chi connectivity index (χ3n) is 3.61. The van der Waals surface area contributed by atoms with Crippen LogP contribution in [0.2, 0.25) is 0 Å². The first-order chi connectivity index (χ1) is 11.1. The summed E-state index contributed by atoms with van der Waals surface area (Å²) in [5.41, 5.74) is 0.202. The van der Waals surface area contributed by atoms with Gasteiger partial charge in [-0.3, -0.25) is 9.59 Å². The van der Waals surface area contributed by atoms with Gasteiger partial charge in [-0.15, -0.1) is 0 Å². The van der Waals surface area contributed by atoms with E-state index in [1.165, 1.54) is 0 Å². The van der Waals surface area contributed by atoms with Crippen molar-refractivity contribution in [1.82, 2.24) is 0 Å². The van der Waals surface area contributed by atoms with Gasteiger partial charge in [0.1, 0.15) is 5.75 Å². The van der Waals surface area contributed by atoms with Crippen LogP contribution >= 0.6 is 15.9 Å². The Morgan fingerprint density at radius 2 is 1.29 bits per heavy atom. The van der Waals surface area contributed by atoms with Gasteiger partial charge in [0.15, 0.2) is 11.4 Å². The minimum Gasteiger partial charge on any atom is -0.480 e. The highest BCUT2D eigenvalue weighted by Gasteiger charge is 2.31. The van der Waals surface area contributed by atoms with Crippen LogP contribution in [0.5, 0.6) is 5.75 Å². The number of alkyl halides is 1. The Bertz CT molecular complexity index is 726. The maximum Gasteiger partial charge on any atom is 0.205 e. The van der Waals surface area contributed by atoms with E-state index in [9.17, 15) is 9.59 Å². The van der Waals surface area contributed by atoms with E-state index in [1.54, 1.807) is 64.1 Å². The molecule has 2 aromatic rings. The normalized spacial score (nSPS) is 11.9. The quantitative estimate of drug-likeness (QED) is 0.511. The number of rotatable bonds is 6. The predicted octanol–water partition coefficient (Wildman–Crippen LogP) is 5.08. The molecule has 0 N–H and O–H groups in total. The van der Waals surface area contributed by atoms with Crippen molar-refractivity contribution in [2.75, 3.05) is 0 Å². The highest BCUT2D eigenvalue weighted by Crippen LogP contribution is 2.26. The zero-order valence-electron chi connectivity index (χ0n) is 14.3. The molecule has 0 atom stereocenters. The number of benzene rings is 2. The van der Waals surface area contributed by atoms with Crippen molar-refractivity contribution in [3.05, 3.63) is 65.7 Å². The molecule has 0 aliphatic carbocycles. The lowest BCUT2D eigenvalue weighted by Gasteiger charge is -2.25. The Hall–Kier alpha value is -1.94. The molecule has 0 heterocycles. The fourth-order valence-corrected chi connectivity index (χ4v) is 2.52. The lowest BCUT2D eigenvalue weighted by molar-refractivity contribution is 0.0584. The average Bonchev–Trinajstić information content (AvgIpc) is 2.54. The molecule has 4 heteroatoms. The van der Waals surface area contributed by atoms with E-state index in [0.717, 1.165) is 0 Å². The predicted molar refractivity (Wildman–Crippen MR) is 99.3 cm³/mol. The van der Waals surface area contributed by atoms with E-state index in [4.69, 9.17) is 4.74 Å². The summed E-state index contributed by atoms with van der Waals surface area (Å²) in [6.07, 6.45) is 0. The standard InChI is InChI=1S/C20H21BrO3/c1-19(2,21)17(22)15-10-12-16(13-11-15)24-20(3,4)18(23)14-8-6-5-7-9-14/h5-13H,1-4H3. The zero-order valence-corrected chi connectivity index (χ0v) is 15.9. The average molecular weight is 389 g/mol. The summed E-state index contributed by atoms with van der Waals surface area (Å²) >= 11 is 3.37. The number of carbonyl (C=O) groups excluding carboxylic acids is 2. The van der Waals surface area contributed by atoms with Gasteiger partial charge >= 0.3 is 0 Å². The van der Waals surface area contributed by atoms with Crippen molar-refractivity contribution in [2.24, 2.45) is 0 Å². The second-order valence-corrected chi connectivity index (χ2v) is 8.62. The van der Waals surface area contributed by atoms with Gasteiger partial charge in [0, 0.05) is 11.1 Å². The minimum atomic E-state index is -0.998. The summed E-state index contributed by atoms with van der Waals surface area (Å²) in [5, 5.41) is 0. The molecule has 0 bridgehead atoms. The lowest BCUT2D eigenvalue weighted by atomic mass is 9.96. The molecule has 2 rings (SSSR count). The van der Waals surface area contributed by atoms with Gasteiger partial charge in [0.25, 0.3) is 0 Å². The molecule has 24 heavy (non-hydrogen) atoms. The van der Waals surface area contributed by atoms with Gasteiger partial charge in [-0.05, 0) is 52.0 Å². The zero-order chi connectivity index (χ0) is 18.0. The van der Waals surface area contributed by atoms with Crippen LogP contribution < -0.4 is 4.74 Å². The van der Waals surface area contributed by atoms with E-state index in [-0.39, 0.29) is 11.6 Å². The second kappa shape index (κ2) is 6.89. The maximum atomic E-state index is 12.6. The van der Waals surface area contributed by atoms with Crippen molar-refractivity contribution in [3.63, 3.8) is 0 Å². The summed E-state index contributed by atoms with van der Waals surface area (Å²) in [7, 11) is 0. The van der Waals surface area contributed by atoms with Crippen LogP contribution in [-0.2, 0) is 0 Å². The molecule has 3 nitrogen and oxygen atoms in total. The summed E-state index contributed by atoms with van der Waals surface area (Å²) in [5.74, 6) is 0.451. The van der Waals surface area contributed by atoms with Gasteiger partial charge in [0.2, 0.25) is 5.78 Å². The fourth-order valence-electron chi connectivity index (χ4n) is 2.30. The topological polar surface area (TPSA) is 43.4 Å². The van der Waals surface area contributed by atoms with Crippen molar-refractivity contribution in [2.45, 2.75) is 37.6 Å².